The highest BCUT2D eigenvalue weighted by atomic mass is 16.5. The molecular weight excluding hydrogens is 312 g/mol. The molecule has 4 nitrogen and oxygen atoms in total. The molecule has 0 saturated carbocycles. The molecule has 0 atom stereocenters. The van der Waals surface area contributed by atoms with Crippen molar-refractivity contribution in [1.29, 1.82) is 0 Å². The predicted molar refractivity (Wildman–Crippen MR) is 101 cm³/mol. The van der Waals surface area contributed by atoms with Gasteiger partial charge in [0.1, 0.15) is 5.75 Å². The monoisotopic (exact) mass is 338 g/mol. The van der Waals surface area contributed by atoms with Crippen molar-refractivity contribution in [1.82, 2.24) is 4.90 Å². The molecule has 25 heavy (non-hydrogen) atoms. The summed E-state index contributed by atoms with van der Waals surface area (Å²) in [5.74, 6) is 1.08. The Hall–Kier alpha value is -2.49. The summed E-state index contributed by atoms with van der Waals surface area (Å²) in [5.41, 5.74) is 4.76. The number of amides is 1. The number of benzene rings is 2. The molecule has 0 bridgehead atoms. The van der Waals surface area contributed by atoms with Gasteiger partial charge >= 0.3 is 0 Å². The van der Waals surface area contributed by atoms with E-state index in [2.05, 4.69) is 43.0 Å². The van der Waals surface area contributed by atoms with Gasteiger partial charge in [-0.3, -0.25) is 4.79 Å². The van der Waals surface area contributed by atoms with Crippen LogP contribution in [0.3, 0.4) is 0 Å². The zero-order chi connectivity index (χ0) is 17.8. The van der Waals surface area contributed by atoms with Crippen LogP contribution in [0.15, 0.2) is 42.5 Å². The third kappa shape index (κ3) is 4.13. The van der Waals surface area contributed by atoms with Gasteiger partial charge in [0.25, 0.3) is 0 Å². The maximum Gasteiger partial charge on any atom is 0.227 e. The van der Waals surface area contributed by atoms with Crippen LogP contribution in [0.5, 0.6) is 5.75 Å². The minimum Gasteiger partial charge on any atom is -0.497 e. The summed E-state index contributed by atoms with van der Waals surface area (Å²) >= 11 is 0. The minimum absolute atomic E-state index is 0.216. The molecule has 3 rings (SSSR count). The smallest absolute Gasteiger partial charge is 0.227 e. The predicted octanol–water partition coefficient (Wildman–Crippen LogP) is 3.20. The molecule has 2 aromatic rings. The Balaban J connectivity index is 1.57. The zero-order valence-electron chi connectivity index (χ0n) is 15.3. The number of carbonyl (C=O) groups is 1. The number of hydrogen-bond acceptors (Lipinski definition) is 3. The van der Waals surface area contributed by atoms with E-state index in [1.54, 1.807) is 7.11 Å². The number of piperazine rings is 1. The average Bonchev–Trinajstić information content (AvgIpc) is 2.65. The van der Waals surface area contributed by atoms with Gasteiger partial charge in [0.05, 0.1) is 13.5 Å². The molecule has 0 aromatic heterocycles. The van der Waals surface area contributed by atoms with Gasteiger partial charge in [-0.2, -0.15) is 0 Å². The molecule has 2 aromatic carbocycles. The topological polar surface area (TPSA) is 32.8 Å². The number of hydrogen-bond donors (Lipinski definition) is 0. The fourth-order valence-corrected chi connectivity index (χ4v) is 3.22. The standard InChI is InChI=1S/C21H26N2O2/c1-16-7-8-18(13-17(16)2)14-21(24)23-11-9-22(10-12-23)19-5-4-6-20(15-19)25-3/h4-8,13,15H,9-12,14H2,1-3H3. The van der Waals surface area contributed by atoms with E-state index in [-0.39, 0.29) is 5.91 Å². The van der Waals surface area contributed by atoms with Crippen molar-refractivity contribution in [2.24, 2.45) is 0 Å². The number of anilines is 1. The highest BCUT2D eigenvalue weighted by molar-refractivity contribution is 5.79. The lowest BCUT2D eigenvalue weighted by molar-refractivity contribution is -0.130. The van der Waals surface area contributed by atoms with Crippen LogP contribution < -0.4 is 9.64 Å². The van der Waals surface area contributed by atoms with Crippen molar-refractivity contribution in [3.8, 4) is 5.75 Å². The average molecular weight is 338 g/mol. The molecule has 0 radical (unpaired) electrons. The molecule has 1 aliphatic heterocycles. The second-order valence-electron chi connectivity index (χ2n) is 6.66. The first-order valence-corrected chi connectivity index (χ1v) is 8.80. The lowest BCUT2D eigenvalue weighted by Crippen LogP contribution is -2.49. The van der Waals surface area contributed by atoms with E-state index in [9.17, 15) is 4.79 Å². The van der Waals surface area contributed by atoms with Gasteiger partial charge < -0.3 is 14.5 Å². The van der Waals surface area contributed by atoms with Crippen molar-refractivity contribution < 1.29 is 9.53 Å². The Bertz CT molecular complexity index is 749. The van der Waals surface area contributed by atoms with Gasteiger partial charge in [0.2, 0.25) is 5.91 Å². The summed E-state index contributed by atoms with van der Waals surface area (Å²) in [5, 5.41) is 0. The van der Waals surface area contributed by atoms with Gasteiger partial charge in [-0.15, -0.1) is 0 Å². The highest BCUT2D eigenvalue weighted by Gasteiger charge is 2.21. The molecular formula is C21H26N2O2. The molecule has 0 unspecified atom stereocenters. The van der Waals surface area contributed by atoms with E-state index < -0.39 is 0 Å². The lowest BCUT2D eigenvalue weighted by Gasteiger charge is -2.36. The van der Waals surface area contributed by atoms with Crippen LogP contribution in [-0.2, 0) is 11.2 Å². The number of carbonyl (C=O) groups excluding carboxylic acids is 1. The van der Waals surface area contributed by atoms with Gasteiger partial charge in [-0.05, 0) is 42.7 Å². The normalized spacial score (nSPS) is 14.5. The molecule has 1 fully saturated rings. The van der Waals surface area contributed by atoms with Crippen molar-refractivity contribution in [3.63, 3.8) is 0 Å². The summed E-state index contributed by atoms with van der Waals surface area (Å²) in [6, 6.07) is 14.4. The molecule has 132 valence electrons. The lowest BCUT2D eigenvalue weighted by atomic mass is 10.0. The molecule has 0 aliphatic carbocycles. The van der Waals surface area contributed by atoms with Gasteiger partial charge in [-0.1, -0.05) is 24.3 Å². The van der Waals surface area contributed by atoms with Gasteiger partial charge in [0, 0.05) is 37.9 Å². The summed E-state index contributed by atoms with van der Waals surface area (Å²) in [4.78, 5) is 16.9. The van der Waals surface area contributed by atoms with E-state index in [4.69, 9.17) is 4.74 Å². The van der Waals surface area contributed by atoms with Crippen LogP contribution in [-0.4, -0.2) is 44.1 Å². The van der Waals surface area contributed by atoms with Crippen molar-refractivity contribution in [2.45, 2.75) is 20.3 Å². The van der Waals surface area contributed by atoms with E-state index in [0.29, 0.717) is 6.42 Å². The van der Waals surface area contributed by atoms with Crippen molar-refractivity contribution in [2.75, 3.05) is 38.2 Å². The van der Waals surface area contributed by atoms with Crippen LogP contribution in [0.25, 0.3) is 0 Å². The quantitative estimate of drug-likeness (QED) is 0.858. The van der Waals surface area contributed by atoms with E-state index in [1.807, 2.05) is 23.1 Å². The number of aryl methyl sites for hydroxylation is 2. The van der Waals surface area contributed by atoms with Gasteiger partial charge in [0.15, 0.2) is 0 Å². The van der Waals surface area contributed by atoms with E-state index in [0.717, 1.165) is 43.2 Å². The highest BCUT2D eigenvalue weighted by Crippen LogP contribution is 2.22. The first kappa shape index (κ1) is 17.3. The Morgan fingerprint density at radius 1 is 1.00 bits per heavy atom. The maximum atomic E-state index is 12.6. The third-order valence-corrected chi connectivity index (χ3v) is 4.98. The molecule has 1 heterocycles. The van der Waals surface area contributed by atoms with Crippen LogP contribution in [0.2, 0.25) is 0 Å². The molecule has 1 aliphatic rings. The summed E-state index contributed by atoms with van der Waals surface area (Å²) in [6.07, 6.45) is 0.486. The fraction of sp³-hybridized carbons (Fsp3) is 0.381. The molecule has 1 amide bonds. The molecule has 4 heteroatoms. The van der Waals surface area contributed by atoms with Crippen LogP contribution in [0.1, 0.15) is 16.7 Å². The number of rotatable bonds is 4. The molecule has 0 spiro atoms. The Morgan fingerprint density at radius 2 is 1.76 bits per heavy atom. The first-order valence-electron chi connectivity index (χ1n) is 8.80. The summed E-state index contributed by atoms with van der Waals surface area (Å²) < 4.78 is 5.30. The maximum absolute atomic E-state index is 12.6. The SMILES string of the molecule is COc1cccc(N2CCN(C(=O)Cc3ccc(C)c(C)c3)CC2)c1. The fourth-order valence-electron chi connectivity index (χ4n) is 3.22. The largest absolute Gasteiger partial charge is 0.497 e. The van der Waals surface area contributed by atoms with Crippen molar-refractivity contribution >= 4 is 11.6 Å². The number of nitrogens with zero attached hydrogens (tertiary/aromatic N) is 2. The van der Waals surface area contributed by atoms with E-state index >= 15 is 0 Å². The summed E-state index contributed by atoms with van der Waals surface area (Å²) in [7, 11) is 1.68. The minimum atomic E-state index is 0.216. The number of ether oxygens (including phenoxy) is 1. The Kier molecular flexibility index (Phi) is 5.27. The Morgan fingerprint density at radius 3 is 2.44 bits per heavy atom. The first-order chi connectivity index (χ1) is 12.1. The second-order valence-corrected chi connectivity index (χ2v) is 6.66. The zero-order valence-corrected chi connectivity index (χ0v) is 15.3. The molecule has 1 saturated heterocycles. The van der Waals surface area contributed by atoms with Crippen LogP contribution >= 0.6 is 0 Å². The van der Waals surface area contributed by atoms with Crippen LogP contribution in [0.4, 0.5) is 5.69 Å². The summed E-state index contributed by atoms with van der Waals surface area (Å²) in [6.45, 7) is 7.42. The number of methoxy groups -OCH3 is 1. The Labute approximate surface area is 150 Å². The van der Waals surface area contributed by atoms with E-state index in [1.165, 1.54) is 11.1 Å². The van der Waals surface area contributed by atoms with Gasteiger partial charge in [-0.25, -0.2) is 0 Å². The molecule has 0 N–H and O–H groups in total. The van der Waals surface area contributed by atoms with Crippen LogP contribution in [0, 0.1) is 13.8 Å². The van der Waals surface area contributed by atoms with Crippen molar-refractivity contribution in [3.05, 3.63) is 59.2 Å². The second kappa shape index (κ2) is 7.60. The third-order valence-electron chi connectivity index (χ3n) is 4.98.